The van der Waals surface area contributed by atoms with E-state index in [1.807, 2.05) is 30.3 Å². The van der Waals surface area contributed by atoms with Gasteiger partial charge in [0.05, 0.1) is 42.0 Å². The van der Waals surface area contributed by atoms with E-state index in [0.29, 0.717) is 58.7 Å². The lowest BCUT2D eigenvalue weighted by atomic mass is 9.93. The minimum absolute atomic E-state index is 0.000853. The second kappa shape index (κ2) is 22.4. The molecule has 0 saturated heterocycles. The normalized spacial score (nSPS) is 11.4. The van der Waals surface area contributed by atoms with E-state index in [-0.39, 0.29) is 18.4 Å². The summed E-state index contributed by atoms with van der Waals surface area (Å²) in [7, 11) is 2.36. The fraction of sp³-hybridized carbons (Fsp3) is 0.167. The molecule has 2 radical (unpaired) electrons. The molecule has 0 fully saturated rings. The molecule has 2 atom stereocenters. The van der Waals surface area contributed by atoms with Crippen LogP contribution in [0.2, 0.25) is 10.0 Å². The second-order valence-corrected chi connectivity index (χ2v) is 12.3. The molecule has 4 aromatic carbocycles. The van der Waals surface area contributed by atoms with Crippen LogP contribution >= 0.6 is 23.2 Å². The van der Waals surface area contributed by atoms with Crippen LogP contribution in [0.3, 0.4) is 0 Å². The zero-order valence-corrected chi connectivity index (χ0v) is 30.6. The quantitative estimate of drug-likeness (QED) is 0.0275. The summed E-state index contributed by atoms with van der Waals surface area (Å²) in [6.07, 6.45) is 3.82. The fourth-order valence-corrected chi connectivity index (χ4v) is 5.53. The van der Waals surface area contributed by atoms with Gasteiger partial charge in [-0.2, -0.15) is 0 Å². The van der Waals surface area contributed by atoms with Crippen molar-refractivity contribution in [3.05, 3.63) is 141 Å². The highest BCUT2D eigenvalue weighted by molar-refractivity contribution is 6.65. The molecule has 5 rings (SSSR count). The van der Waals surface area contributed by atoms with E-state index >= 15 is 0 Å². The zero-order chi connectivity index (χ0) is 39.4. The van der Waals surface area contributed by atoms with E-state index in [2.05, 4.69) is 41.4 Å². The third-order valence-electron chi connectivity index (χ3n) is 7.79. The number of rotatable bonds is 18. The van der Waals surface area contributed by atoms with Crippen molar-refractivity contribution in [2.75, 3.05) is 17.2 Å². The summed E-state index contributed by atoms with van der Waals surface area (Å²) in [5.41, 5.74) is 13.1. The van der Waals surface area contributed by atoms with Gasteiger partial charge in [0.1, 0.15) is 0 Å². The molecule has 0 aliphatic rings. The molecule has 0 bridgehead atoms. The molecule has 1 heterocycles. The Kier molecular flexibility index (Phi) is 17.1. The standard InChI is InChI=1S/C20H20BClN5O3.C16H14BClN5O2/c22-18-4-2-1-3-14(18)11-19(25-21-13-29)20(30)24-15-5-7-16(8-6-15)27-17(9-10-28)12-23-26-27;18-14-4-2-1-3-11(14)9-15(21-17-10-24)16(25)20-12-5-7-13(8-6-12)22-23-19/h1-8,12-13,19,25,28H,9-11H2,(H,24,30);1-8,10,15,21H,9H2,(H,20,25)/t19-;15-/m00/s1. The van der Waals surface area contributed by atoms with Crippen LogP contribution in [0, 0.1) is 0 Å². The number of nitrogens with zero attached hydrogens (tertiary/aromatic N) is 6. The van der Waals surface area contributed by atoms with Gasteiger partial charge >= 0.3 is 0 Å². The van der Waals surface area contributed by atoms with Gasteiger partial charge in [-0.15, -0.1) is 5.10 Å². The van der Waals surface area contributed by atoms with Crippen molar-refractivity contribution < 1.29 is 24.3 Å². The molecule has 19 heteroatoms. The van der Waals surface area contributed by atoms with E-state index in [0.717, 1.165) is 22.5 Å². The third-order valence-corrected chi connectivity index (χ3v) is 8.53. The Labute approximate surface area is 328 Å². The SMILES string of the molecule is O=C[B]N[C@@H](Cc1ccccc1Cl)C(=O)Nc1ccc(-n2nncc2CCO)cc1.[N-]=[N+]=Nc1ccc(NC(=O)[C@H](Cc2ccccc2Cl)N[B]C=O)cc1. The van der Waals surface area contributed by atoms with Gasteiger partial charge in [-0.05, 0) is 78.0 Å². The number of aliphatic hydroxyl groups excluding tert-OH is 1. The molecule has 5 aromatic rings. The molecule has 15 nitrogen and oxygen atoms in total. The molecule has 0 aliphatic carbocycles. The largest absolute Gasteiger partial charge is 0.396 e. The van der Waals surface area contributed by atoms with Gasteiger partial charge in [0.2, 0.25) is 11.8 Å². The number of benzene rings is 4. The van der Waals surface area contributed by atoms with Gasteiger partial charge < -0.3 is 35.8 Å². The molecule has 0 aliphatic heterocycles. The Morgan fingerprint density at radius 3 is 1.75 bits per heavy atom. The summed E-state index contributed by atoms with van der Waals surface area (Å²) >= 11 is 12.3. The number of aromatic nitrogens is 3. The maximum Gasteiger partial charge on any atom is 0.291 e. The minimum atomic E-state index is -0.679. The molecule has 0 saturated carbocycles. The van der Waals surface area contributed by atoms with E-state index in [1.54, 1.807) is 77.6 Å². The first-order valence-corrected chi connectivity index (χ1v) is 17.4. The Hall–Kier alpha value is -5.80. The molecule has 1 aromatic heterocycles. The van der Waals surface area contributed by atoms with Crippen LogP contribution < -0.4 is 21.1 Å². The number of hydrogen-bond acceptors (Lipinski definition) is 10. The number of anilines is 2. The fourth-order valence-electron chi connectivity index (χ4n) is 5.10. The molecule has 278 valence electrons. The molecule has 5 N–H and O–H groups in total. The smallest absolute Gasteiger partial charge is 0.291 e. The van der Waals surface area contributed by atoms with Crippen molar-refractivity contribution in [1.29, 1.82) is 0 Å². The van der Waals surface area contributed by atoms with Crippen molar-refractivity contribution in [2.45, 2.75) is 31.3 Å². The number of amides is 2. The third kappa shape index (κ3) is 13.2. The lowest BCUT2D eigenvalue weighted by Crippen LogP contribution is -2.44. The average molecular weight is 779 g/mol. The Morgan fingerprint density at radius 2 is 1.29 bits per heavy atom. The van der Waals surface area contributed by atoms with Gasteiger partial charge in [-0.25, -0.2) is 4.68 Å². The van der Waals surface area contributed by atoms with Gasteiger partial charge in [-0.3, -0.25) is 9.59 Å². The van der Waals surface area contributed by atoms with Crippen LogP contribution in [0.25, 0.3) is 16.1 Å². The number of azide groups is 1. The number of halogens is 2. The highest BCUT2D eigenvalue weighted by Gasteiger charge is 2.21. The molecule has 0 spiro atoms. The highest BCUT2D eigenvalue weighted by Crippen LogP contribution is 2.21. The number of hydrogen-bond donors (Lipinski definition) is 5. The summed E-state index contributed by atoms with van der Waals surface area (Å²) in [4.78, 5) is 49.3. The summed E-state index contributed by atoms with van der Waals surface area (Å²) in [6.45, 7) is -0.000853. The van der Waals surface area contributed by atoms with Crippen LogP contribution in [-0.4, -0.2) is 77.8 Å². The van der Waals surface area contributed by atoms with Crippen molar-refractivity contribution in [1.82, 2.24) is 25.4 Å². The van der Waals surface area contributed by atoms with Crippen molar-refractivity contribution in [3.63, 3.8) is 0 Å². The molecule has 55 heavy (non-hydrogen) atoms. The predicted octanol–water partition coefficient (Wildman–Crippen LogP) is 4.63. The minimum Gasteiger partial charge on any atom is -0.396 e. The van der Waals surface area contributed by atoms with Gasteiger partial charge in [-0.1, -0.05) is 82.1 Å². The Bertz CT molecular complexity index is 2080. The molecular weight excluding hydrogens is 745 g/mol. The van der Waals surface area contributed by atoms with E-state index in [9.17, 15) is 19.2 Å². The van der Waals surface area contributed by atoms with Crippen LogP contribution in [0.5, 0.6) is 0 Å². The first kappa shape index (κ1) is 41.9. The van der Waals surface area contributed by atoms with Crippen molar-refractivity contribution >= 4 is 79.3 Å². The van der Waals surface area contributed by atoms with Gasteiger partial charge in [0.15, 0.2) is 0 Å². The number of carbonyl (C=O) groups excluding carboxylic acids is 4. The van der Waals surface area contributed by atoms with Gasteiger partial charge in [0, 0.05) is 45.0 Å². The first-order chi connectivity index (χ1) is 26.8. The van der Waals surface area contributed by atoms with E-state index < -0.39 is 12.1 Å². The molecular formula is C36H34B2Cl2N10O5. The van der Waals surface area contributed by atoms with Crippen LogP contribution in [0.15, 0.2) is 108 Å². The summed E-state index contributed by atoms with van der Waals surface area (Å²) in [5.74, 6) is -0.628. The summed E-state index contributed by atoms with van der Waals surface area (Å²) in [5, 5.41) is 32.7. The Morgan fingerprint density at radius 1 is 0.800 bits per heavy atom. The van der Waals surface area contributed by atoms with Crippen LogP contribution in [0.4, 0.5) is 17.1 Å². The van der Waals surface area contributed by atoms with E-state index in [1.165, 1.54) is 14.8 Å². The van der Waals surface area contributed by atoms with E-state index in [4.69, 9.17) is 33.8 Å². The topological polar surface area (TPSA) is 216 Å². The first-order valence-electron chi connectivity index (χ1n) is 16.7. The van der Waals surface area contributed by atoms with Crippen LogP contribution in [0.1, 0.15) is 16.8 Å². The van der Waals surface area contributed by atoms with Gasteiger partial charge in [0.25, 0.3) is 14.8 Å². The molecule has 2 amide bonds. The van der Waals surface area contributed by atoms with Crippen molar-refractivity contribution in [3.8, 4) is 5.69 Å². The summed E-state index contributed by atoms with van der Waals surface area (Å²) in [6, 6.07) is 26.6. The number of nitrogens with one attached hydrogen (secondary N) is 4. The maximum absolute atomic E-state index is 12.8. The number of aliphatic hydroxyl groups is 1. The number of carbonyl (C=O) groups is 4. The Balaban J connectivity index is 0.000000249. The predicted molar refractivity (Wildman–Crippen MR) is 214 cm³/mol. The maximum atomic E-state index is 12.8. The van der Waals surface area contributed by atoms with Crippen molar-refractivity contribution in [2.24, 2.45) is 5.11 Å². The lowest BCUT2D eigenvalue weighted by Gasteiger charge is -2.18. The summed E-state index contributed by atoms with van der Waals surface area (Å²) < 4.78 is 1.63. The monoisotopic (exact) mass is 778 g/mol. The highest BCUT2D eigenvalue weighted by atomic mass is 35.5. The second-order valence-electron chi connectivity index (χ2n) is 11.5. The lowest BCUT2D eigenvalue weighted by molar-refractivity contribution is -0.118. The average Bonchev–Trinajstić information content (AvgIpc) is 3.66. The molecule has 0 unspecified atom stereocenters. The van der Waals surface area contributed by atoms with Crippen LogP contribution in [-0.2, 0) is 38.4 Å². The zero-order valence-electron chi connectivity index (χ0n) is 29.1.